The Hall–Kier alpha value is -0.0400. The van der Waals surface area contributed by atoms with E-state index >= 15 is 0 Å². The zero-order chi connectivity index (χ0) is 11.4. The van der Waals surface area contributed by atoms with Gasteiger partial charge in [-0.3, -0.25) is 0 Å². The van der Waals surface area contributed by atoms with Gasteiger partial charge in [-0.25, -0.2) is 0 Å². The first-order chi connectivity index (χ1) is 6.13. The first-order valence-electron chi connectivity index (χ1n) is 5.83. The molecule has 1 nitrogen and oxygen atoms in total. The average molecular weight is 199 g/mol. The summed E-state index contributed by atoms with van der Waals surface area (Å²) in [5, 5.41) is 3.53. The molecule has 1 N–H and O–H groups in total. The molecule has 0 heterocycles. The Labute approximate surface area is 90.7 Å². The second-order valence-corrected chi connectivity index (χ2v) is 6.79. The summed E-state index contributed by atoms with van der Waals surface area (Å²) in [6, 6.07) is 0. The van der Waals surface area contributed by atoms with Crippen LogP contribution in [0.3, 0.4) is 0 Å². The fourth-order valence-corrected chi connectivity index (χ4v) is 1.21. The monoisotopic (exact) mass is 199 g/mol. The van der Waals surface area contributed by atoms with E-state index in [1.165, 1.54) is 6.42 Å². The fraction of sp³-hybridized carbons (Fsp3) is 1.00. The summed E-state index contributed by atoms with van der Waals surface area (Å²) >= 11 is 0. The molecule has 1 atom stereocenters. The molecule has 0 saturated heterocycles. The summed E-state index contributed by atoms with van der Waals surface area (Å²) in [6.45, 7) is 18.4. The highest BCUT2D eigenvalue weighted by Gasteiger charge is 2.19. The second kappa shape index (κ2) is 5.16. The zero-order valence-electron chi connectivity index (χ0n) is 11.2. The van der Waals surface area contributed by atoms with E-state index < -0.39 is 0 Å². The third-order valence-electron chi connectivity index (χ3n) is 2.89. The Morgan fingerprint density at radius 1 is 1.00 bits per heavy atom. The van der Waals surface area contributed by atoms with Crippen LogP contribution in [0.1, 0.15) is 54.9 Å². The van der Waals surface area contributed by atoms with Gasteiger partial charge in [0.05, 0.1) is 0 Å². The number of hydrogen-bond acceptors (Lipinski definition) is 1. The average Bonchev–Trinajstić information content (AvgIpc) is 1.93. The standard InChI is InChI=1S/C13H29N/c1-11(13(5,6)7)8-9-14-10-12(2,3)4/h11,14H,8-10H2,1-7H3/t11-/m0/s1. The van der Waals surface area contributed by atoms with Gasteiger partial charge in [-0.05, 0) is 36.3 Å². The maximum Gasteiger partial charge on any atom is -0.0000124 e. The van der Waals surface area contributed by atoms with E-state index in [4.69, 9.17) is 0 Å². The Morgan fingerprint density at radius 2 is 1.50 bits per heavy atom. The minimum absolute atomic E-state index is 0.408. The Kier molecular flexibility index (Phi) is 5.14. The third-order valence-corrected chi connectivity index (χ3v) is 2.89. The molecule has 0 aliphatic heterocycles. The van der Waals surface area contributed by atoms with Gasteiger partial charge in [0, 0.05) is 0 Å². The maximum absolute atomic E-state index is 3.53. The first-order valence-corrected chi connectivity index (χ1v) is 5.83. The minimum atomic E-state index is 0.408. The van der Waals surface area contributed by atoms with E-state index in [-0.39, 0.29) is 0 Å². The van der Waals surface area contributed by atoms with Crippen molar-refractivity contribution < 1.29 is 0 Å². The Bertz CT molecular complexity index is 148. The largest absolute Gasteiger partial charge is 0.316 e. The first kappa shape index (κ1) is 14.0. The molecule has 0 bridgehead atoms. The smallest absolute Gasteiger partial charge is 0.0000124 e. The normalized spacial score (nSPS) is 15.6. The van der Waals surface area contributed by atoms with E-state index in [1.807, 2.05) is 0 Å². The van der Waals surface area contributed by atoms with Crippen LogP contribution in [0.4, 0.5) is 0 Å². The van der Waals surface area contributed by atoms with Crippen molar-refractivity contribution in [1.82, 2.24) is 5.32 Å². The lowest BCUT2D eigenvalue weighted by Crippen LogP contribution is -2.30. The van der Waals surface area contributed by atoms with Crippen LogP contribution in [-0.4, -0.2) is 13.1 Å². The van der Waals surface area contributed by atoms with E-state index in [0.29, 0.717) is 10.8 Å². The molecular weight excluding hydrogens is 170 g/mol. The van der Waals surface area contributed by atoms with Crippen LogP contribution in [0.15, 0.2) is 0 Å². The van der Waals surface area contributed by atoms with Crippen molar-refractivity contribution in [1.29, 1.82) is 0 Å². The summed E-state index contributed by atoms with van der Waals surface area (Å²) in [6.07, 6.45) is 1.28. The number of nitrogens with one attached hydrogen (secondary N) is 1. The fourth-order valence-electron chi connectivity index (χ4n) is 1.21. The van der Waals surface area contributed by atoms with Crippen molar-refractivity contribution in [3.63, 3.8) is 0 Å². The third kappa shape index (κ3) is 7.37. The molecule has 14 heavy (non-hydrogen) atoms. The lowest BCUT2D eigenvalue weighted by molar-refractivity contribution is 0.241. The molecule has 0 aromatic rings. The van der Waals surface area contributed by atoms with E-state index in [0.717, 1.165) is 19.0 Å². The van der Waals surface area contributed by atoms with Gasteiger partial charge >= 0.3 is 0 Å². The molecule has 0 unspecified atom stereocenters. The van der Waals surface area contributed by atoms with Crippen molar-refractivity contribution in [2.45, 2.75) is 54.9 Å². The molecule has 0 saturated carbocycles. The van der Waals surface area contributed by atoms with Crippen LogP contribution in [0.2, 0.25) is 0 Å². The van der Waals surface area contributed by atoms with Gasteiger partial charge in [-0.1, -0.05) is 48.5 Å². The Morgan fingerprint density at radius 3 is 1.86 bits per heavy atom. The van der Waals surface area contributed by atoms with Crippen LogP contribution in [0.25, 0.3) is 0 Å². The molecule has 0 spiro atoms. The molecule has 0 amide bonds. The lowest BCUT2D eigenvalue weighted by atomic mass is 9.80. The van der Waals surface area contributed by atoms with Gasteiger partial charge in [0.2, 0.25) is 0 Å². The van der Waals surface area contributed by atoms with Crippen molar-refractivity contribution in [2.75, 3.05) is 13.1 Å². The zero-order valence-corrected chi connectivity index (χ0v) is 11.2. The van der Waals surface area contributed by atoms with Crippen LogP contribution >= 0.6 is 0 Å². The van der Waals surface area contributed by atoms with Gasteiger partial charge < -0.3 is 5.32 Å². The van der Waals surface area contributed by atoms with Crippen molar-refractivity contribution in [2.24, 2.45) is 16.7 Å². The van der Waals surface area contributed by atoms with Gasteiger partial charge in [-0.15, -0.1) is 0 Å². The van der Waals surface area contributed by atoms with E-state index in [1.54, 1.807) is 0 Å². The van der Waals surface area contributed by atoms with Crippen molar-refractivity contribution >= 4 is 0 Å². The minimum Gasteiger partial charge on any atom is -0.316 e. The van der Waals surface area contributed by atoms with Crippen molar-refractivity contribution in [3.05, 3.63) is 0 Å². The number of rotatable bonds is 4. The summed E-state index contributed by atoms with van der Waals surface area (Å²) in [5.41, 5.74) is 0.856. The molecule has 1 heteroatoms. The topological polar surface area (TPSA) is 12.0 Å². The summed E-state index contributed by atoms with van der Waals surface area (Å²) < 4.78 is 0. The molecule has 0 aliphatic carbocycles. The van der Waals surface area contributed by atoms with Crippen LogP contribution in [0.5, 0.6) is 0 Å². The Balaban J connectivity index is 3.56. The predicted molar refractivity (Wildman–Crippen MR) is 65.6 cm³/mol. The SMILES string of the molecule is C[C@@H](CCNCC(C)(C)C)C(C)(C)C. The summed E-state index contributed by atoms with van der Waals surface area (Å²) in [5.74, 6) is 0.787. The molecule has 0 aliphatic rings. The molecule has 86 valence electrons. The van der Waals surface area contributed by atoms with E-state index in [9.17, 15) is 0 Å². The molecular formula is C13H29N. The highest BCUT2D eigenvalue weighted by molar-refractivity contribution is 4.71. The quantitative estimate of drug-likeness (QED) is 0.681. The molecule has 0 aromatic heterocycles. The van der Waals surface area contributed by atoms with Crippen LogP contribution in [-0.2, 0) is 0 Å². The highest BCUT2D eigenvalue weighted by atomic mass is 14.9. The van der Waals surface area contributed by atoms with Gasteiger partial charge in [0.15, 0.2) is 0 Å². The number of hydrogen-bond donors (Lipinski definition) is 1. The van der Waals surface area contributed by atoms with Crippen LogP contribution in [0, 0.1) is 16.7 Å². The lowest BCUT2D eigenvalue weighted by Gasteiger charge is -2.28. The molecule has 0 radical (unpaired) electrons. The molecule has 0 aromatic carbocycles. The molecule has 0 fully saturated rings. The summed E-state index contributed by atoms with van der Waals surface area (Å²) in [7, 11) is 0. The van der Waals surface area contributed by atoms with Gasteiger partial charge in [0.25, 0.3) is 0 Å². The highest BCUT2D eigenvalue weighted by Crippen LogP contribution is 2.27. The van der Waals surface area contributed by atoms with E-state index in [2.05, 4.69) is 53.8 Å². The van der Waals surface area contributed by atoms with Gasteiger partial charge in [-0.2, -0.15) is 0 Å². The summed E-state index contributed by atoms with van der Waals surface area (Å²) in [4.78, 5) is 0. The van der Waals surface area contributed by atoms with Crippen LogP contribution < -0.4 is 5.32 Å². The van der Waals surface area contributed by atoms with Crippen molar-refractivity contribution in [3.8, 4) is 0 Å². The predicted octanol–water partition coefficient (Wildman–Crippen LogP) is 3.69. The van der Waals surface area contributed by atoms with Gasteiger partial charge in [0.1, 0.15) is 0 Å². The maximum atomic E-state index is 3.53. The second-order valence-electron chi connectivity index (χ2n) is 6.79. The molecule has 0 rings (SSSR count).